The number of halogens is 1. The highest BCUT2D eigenvalue weighted by molar-refractivity contribution is 6.02. The van der Waals surface area contributed by atoms with E-state index in [1.54, 1.807) is 12.1 Å². The predicted octanol–water partition coefficient (Wildman–Crippen LogP) is 4.90. The van der Waals surface area contributed by atoms with Crippen molar-refractivity contribution < 1.29 is 23.5 Å². The molecule has 5 fully saturated rings. The molecular formula is C27H32FNO4. The number of benzene rings is 1. The predicted molar refractivity (Wildman–Crippen MR) is 120 cm³/mol. The van der Waals surface area contributed by atoms with Crippen LogP contribution in [0.1, 0.15) is 79.6 Å². The molecule has 7 rings (SSSR count). The summed E-state index contributed by atoms with van der Waals surface area (Å²) >= 11 is 0. The molecule has 0 saturated heterocycles. The lowest BCUT2D eigenvalue weighted by atomic mass is 9.50. The van der Waals surface area contributed by atoms with Crippen LogP contribution in [0, 0.1) is 29.0 Å². The quantitative estimate of drug-likeness (QED) is 0.470. The summed E-state index contributed by atoms with van der Waals surface area (Å²) in [4.78, 5) is 24.8. The maximum atomic E-state index is 15.2. The van der Waals surface area contributed by atoms with E-state index in [1.807, 2.05) is 0 Å². The zero-order valence-corrected chi connectivity index (χ0v) is 19.2. The normalized spacial score (nSPS) is 34.1. The molecule has 1 aromatic rings. The van der Waals surface area contributed by atoms with E-state index in [9.17, 15) is 9.59 Å². The Labute approximate surface area is 194 Å². The molecule has 1 heterocycles. The Hall–Kier alpha value is -2.37. The minimum Gasteiger partial charge on any atom is -0.493 e. The Kier molecular flexibility index (Phi) is 5.04. The number of hydrogen-bond acceptors (Lipinski definition) is 5. The Balaban J connectivity index is 1.20. The summed E-state index contributed by atoms with van der Waals surface area (Å²) in [6.07, 6.45) is 12.0. The van der Waals surface area contributed by atoms with Gasteiger partial charge in [-0.1, -0.05) is 6.08 Å². The van der Waals surface area contributed by atoms with E-state index in [-0.39, 0.29) is 22.5 Å². The van der Waals surface area contributed by atoms with Crippen LogP contribution in [0.15, 0.2) is 23.9 Å². The van der Waals surface area contributed by atoms with Gasteiger partial charge in [-0.3, -0.25) is 4.79 Å². The van der Waals surface area contributed by atoms with Crippen LogP contribution < -0.4 is 10.1 Å². The highest BCUT2D eigenvalue weighted by Crippen LogP contribution is 2.60. The Morgan fingerprint density at radius 2 is 1.76 bits per heavy atom. The van der Waals surface area contributed by atoms with E-state index in [4.69, 9.17) is 9.47 Å². The van der Waals surface area contributed by atoms with Crippen molar-refractivity contribution in [3.63, 3.8) is 0 Å². The van der Waals surface area contributed by atoms with Gasteiger partial charge in [0.25, 0.3) is 0 Å². The monoisotopic (exact) mass is 453 g/mol. The van der Waals surface area contributed by atoms with Crippen LogP contribution in [0.2, 0.25) is 0 Å². The summed E-state index contributed by atoms with van der Waals surface area (Å²) in [6.45, 7) is 0.666. The van der Waals surface area contributed by atoms with Crippen molar-refractivity contribution in [1.29, 1.82) is 0 Å². The number of carbonyl (C=O) groups is 2. The number of ether oxygens (including phenoxy) is 2. The molecule has 33 heavy (non-hydrogen) atoms. The first-order chi connectivity index (χ1) is 15.9. The third kappa shape index (κ3) is 3.85. The average molecular weight is 454 g/mol. The Morgan fingerprint density at radius 3 is 2.36 bits per heavy atom. The van der Waals surface area contributed by atoms with Crippen molar-refractivity contribution in [2.75, 3.05) is 13.7 Å². The van der Waals surface area contributed by atoms with Gasteiger partial charge in [-0.25, -0.2) is 9.18 Å². The maximum absolute atomic E-state index is 15.2. The van der Waals surface area contributed by atoms with Gasteiger partial charge in [0.15, 0.2) is 5.78 Å². The summed E-state index contributed by atoms with van der Waals surface area (Å²) in [5.74, 6) is 2.11. The molecule has 5 aliphatic carbocycles. The summed E-state index contributed by atoms with van der Waals surface area (Å²) in [7, 11) is 1.30. The van der Waals surface area contributed by atoms with E-state index < -0.39 is 17.8 Å². The molecule has 4 bridgehead atoms. The summed E-state index contributed by atoms with van der Waals surface area (Å²) in [6, 6.07) is 2.49. The number of esters is 1. The average Bonchev–Trinajstić information content (AvgIpc) is 3.51. The molecule has 176 valence electrons. The molecule has 1 aromatic carbocycles. The number of methoxy groups -OCH3 is 1. The lowest BCUT2D eigenvalue weighted by Crippen LogP contribution is -2.48. The molecule has 1 atom stereocenters. The Morgan fingerprint density at radius 1 is 1.09 bits per heavy atom. The number of hydrogen-bond donors (Lipinski definition) is 1. The summed E-state index contributed by atoms with van der Waals surface area (Å²) in [5, 5.41) is 2.88. The van der Waals surface area contributed by atoms with Crippen LogP contribution in [0.5, 0.6) is 5.75 Å². The minimum atomic E-state index is -0.653. The molecule has 1 aliphatic heterocycles. The van der Waals surface area contributed by atoms with Crippen molar-refractivity contribution in [2.24, 2.45) is 23.2 Å². The van der Waals surface area contributed by atoms with Crippen LogP contribution >= 0.6 is 0 Å². The molecule has 0 amide bonds. The topological polar surface area (TPSA) is 64.6 Å². The first-order valence-electron chi connectivity index (χ1n) is 12.5. The van der Waals surface area contributed by atoms with E-state index >= 15 is 4.39 Å². The van der Waals surface area contributed by atoms with E-state index in [0.717, 1.165) is 36.2 Å². The highest BCUT2D eigenvalue weighted by Gasteiger charge is 2.51. The molecular weight excluding hydrogens is 421 g/mol. The molecule has 0 spiro atoms. The summed E-state index contributed by atoms with van der Waals surface area (Å²) < 4.78 is 26.3. The van der Waals surface area contributed by atoms with Gasteiger partial charge in [-0.2, -0.15) is 0 Å². The van der Waals surface area contributed by atoms with Gasteiger partial charge < -0.3 is 14.8 Å². The molecule has 1 N–H and O–H groups in total. The van der Waals surface area contributed by atoms with Crippen molar-refractivity contribution in [3.05, 3.63) is 40.8 Å². The fourth-order valence-corrected chi connectivity index (χ4v) is 7.45. The standard InChI is InChI=1S/C27H32FNO4/c1-32-26(31)23-5-4-22(29-23)25(30)20-9-19(18-2-3-18)24(10-21(20)28)33-14-27-11-15-6-16(12-27)8-17(7-15)13-27/h5,9-10,15-18,22,29H,2-4,6-8,11-14H2,1H3. The minimum absolute atomic E-state index is 0.0797. The maximum Gasteiger partial charge on any atom is 0.353 e. The number of nitrogens with one attached hydrogen (secondary N) is 1. The zero-order valence-electron chi connectivity index (χ0n) is 19.2. The second-order valence-electron chi connectivity index (χ2n) is 11.3. The fraction of sp³-hybridized carbons (Fsp3) is 0.630. The third-order valence-corrected chi connectivity index (χ3v) is 8.69. The summed E-state index contributed by atoms with van der Waals surface area (Å²) in [5.41, 5.74) is 1.55. The van der Waals surface area contributed by atoms with Gasteiger partial charge in [0, 0.05) is 11.5 Å². The molecule has 0 radical (unpaired) electrons. The van der Waals surface area contributed by atoms with Crippen LogP contribution in [0.3, 0.4) is 0 Å². The zero-order chi connectivity index (χ0) is 22.7. The Bertz CT molecular complexity index is 992. The van der Waals surface area contributed by atoms with Gasteiger partial charge in [0.05, 0.1) is 25.3 Å². The van der Waals surface area contributed by atoms with E-state index in [0.29, 0.717) is 24.7 Å². The second kappa shape index (κ2) is 7.85. The smallest absolute Gasteiger partial charge is 0.353 e. The van der Waals surface area contributed by atoms with Gasteiger partial charge in [-0.15, -0.1) is 0 Å². The lowest BCUT2D eigenvalue weighted by molar-refractivity contribution is -0.136. The van der Waals surface area contributed by atoms with Gasteiger partial charge in [-0.05, 0) is 93.1 Å². The number of Topliss-reactive ketones (excluding diaryl/α,β-unsaturated/α-hetero) is 1. The number of ketones is 1. The number of carbonyl (C=O) groups excluding carboxylic acids is 2. The third-order valence-electron chi connectivity index (χ3n) is 8.69. The van der Waals surface area contributed by atoms with Crippen LogP contribution in [0.4, 0.5) is 4.39 Å². The van der Waals surface area contributed by atoms with E-state index in [1.165, 1.54) is 51.7 Å². The highest BCUT2D eigenvalue weighted by atomic mass is 19.1. The van der Waals surface area contributed by atoms with Crippen molar-refractivity contribution in [3.8, 4) is 5.75 Å². The van der Waals surface area contributed by atoms with Crippen LogP contribution in [-0.2, 0) is 9.53 Å². The largest absolute Gasteiger partial charge is 0.493 e. The number of rotatable bonds is 7. The van der Waals surface area contributed by atoms with Crippen molar-refractivity contribution in [2.45, 2.75) is 69.7 Å². The first-order valence-corrected chi connectivity index (χ1v) is 12.5. The van der Waals surface area contributed by atoms with Gasteiger partial charge >= 0.3 is 5.97 Å². The van der Waals surface area contributed by atoms with Crippen molar-refractivity contribution >= 4 is 11.8 Å². The molecule has 5 nitrogen and oxygen atoms in total. The first kappa shape index (κ1) is 21.2. The second-order valence-corrected chi connectivity index (χ2v) is 11.3. The SMILES string of the molecule is COC(=O)C1=CCC(C(=O)c2cc(C3CC3)c(OCC34CC5CC(CC(C5)C3)C4)cc2F)N1. The fourth-order valence-electron chi connectivity index (χ4n) is 7.45. The van der Waals surface area contributed by atoms with Crippen molar-refractivity contribution in [1.82, 2.24) is 5.32 Å². The van der Waals surface area contributed by atoms with Gasteiger partial charge in [0.2, 0.25) is 0 Å². The van der Waals surface area contributed by atoms with Gasteiger partial charge in [0.1, 0.15) is 17.3 Å². The van der Waals surface area contributed by atoms with Crippen LogP contribution in [-0.4, -0.2) is 31.5 Å². The van der Waals surface area contributed by atoms with E-state index in [2.05, 4.69) is 5.32 Å². The lowest BCUT2D eigenvalue weighted by Gasteiger charge is -2.56. The molecule has 5 saturated carbocycles. The van der Waals surface area contributed by atoms with Crippen LogP contribution in [0.25, 0.3) is 0 Å². The molecule has 0 aromatic heterocycles. The molecule has 6 heteroatoms. The molecule has 1 unspecified atom stereocenters. The molecule has 6 aliphatic rings.